The second-order valence-corrected chi connectivity index (χ2v) is 5.71. The molecule has 0 heterocycles. The summed E-state index contributed by atoms with van der Waals surface area (Å²) in [5.74, 6) is 1.12. The second kappa shape index (κ2) is 10.1. The number of rotatable bonds is 10. The van der Waals surface area contributed by atoms with Crippen LogP contribution in [0.2, 0.25) is 0 Å². The van der Waals surface area contributed by atoms with E-state index in [2.05, 4.69) is 5.32 Å². The second-order valence-electron chi connectivity index (χ2n) is 4.60. The zero-order valence-corrected chi connectivity index (χ0v) is 13.0. The first-order chi connectivity index (χ1) is 8.94. The molecule has 0 bridgehead atoms. The van der Waals surface area contributed by atoms with E-state index in [1.807, 2.05) is 6.92 Å². The van der Waals surface area contributed by atoms with E-state index >= 15 is 0 Å². The molecule has 1 unspecified atom stereocenters. The summed E-state index contributed by atoms with van der Waals surface area (Å²) in [4.78, 5) is 22.7. The van der Waals surface area contributed by atoms with Crippen LogP contribution in [0.25, 0.3) is 0 Å². The molecule has 0 aliphatic carbocycles. The Morgan fingerprint density at radius 3 is 2.58 bits per heavy atom. The van der Waals surface area contributed by atoms with Crippen LogP contribution in [0.15, 0.2) is 0 Å². The van der Waals surface area contributed by atoms with Crippen molar-refractivity contribution in [3.63, 3.8) is 0 Å². The average molecular weight is 290 g/mol. The van der Waals surface area contributed by atoms with Crippen molar-refractivity contribution in [2.45, 2.75) is 45.6 Å². The highest BCUT2D eigenvalue weighted by atomic mass is 32.2. The molecule has 0 saturated heterocycles. The largest absolute Gasteiger partial charge is 0.465 e. The summed E-state index contributed by atoms with van der Waals surface area (Å²) in [6.07, 6.45) is 2.40. The molecule has 0 rings (SSSR count). The van der Waals surface area contributed by atoms with Gasteiger partial charge in [0.05, 0.1) is 12.4 Å². The van der Waals surface area contributed by atoms with Gasteiger partial charge in [-0.3, -0.25) is 9.59 Å². The zero-order valence-electron chi connectivity index (χ0n) is 12.2. The topological polar surface area (TPSA) is 81.4 Å². The van der Waals surface area contributed by atoms with E-state index in [9.17, 15) is 9.59 Å². The summed E-state index contributed by atoms with van der Waals surface area (Å²) in [5, 5.41) is 2.75. The highest BCUT2D eigenvalue weighted by Crippen LogP contribution is 2.14. The molecule has 0 spiro atoms. The van der Waals surface area contributed by atoms with Gasteiger partial charge in [0.15, 0.2) is 0 Å². The summed E-state index contributed by atoms with van der Waals surface area (Å²) in [5.41, 5.74) is 5.00. The number of unbranched alkanes of at least 4 members (excludes halogenated alkanes) is 1. The number of nitrogens with one attached hydrogen (secondary N) is 1. The van der Waals surface area contributed by atoms with E-state index in [4.69, 9.17) is 10.5 Å². The summed E-state index contributed by atoms with van der Waals surface area (Å²) < 4.78 is 4.92. The van der Waals surface area contributed by atoms with Crippen LogP contribution in [-0.2, 0) is 14.3 Å². The molecule has 0 aromatic heterocycles. The van der Waals surface area contributed by atoms with Gasteiger partial charge in [-0.1, -0.05) is 6.42 Å². The van der Waals surface area contributed by atoms with Crippen molar-refractivity contribution < 1.29 is 14.3 Å². The fourth-order valence-electron chi connectivity index (χ4n) is 1.51. The molecular weight excluding hydrogens is 264 g/mol. The maximum Gasteiger partial charge on any atom is 0.325 e. The molecule has 19 heavy (non-hydrogen) atoms. The molecule has 5 nitrogen and oxygen atoms in total. The molecule has 6 heteroatoms. The number of carbonyl (C=O) groups is 2. The predicted molar refractivity (Wildman–Crippen MR) is 79.1 cm³/mol. The molecule has 112 valence electrons. The summed E-state index contributed by atoms with van der Waals surface area (Å²) in [6, 6.07) is 0. The van der Waals surface area contributed by atoms with Crippen LogP contribution < -0.4 is 11.1 Å². The van der Waals surface area contributed by atoms with Gasteiger partial charge in [0.1, 0.15) is 5.54 Å². The van der Waals surface area contributed by atoms with Gasteiger partial charge in [0.25, 0.3) is 0 Å². The number of ether oxygens (including phenoxy) is 1. The minimum atomic E-state index is -0.903. The van der Waals surface area contributed by atoms with Crippen molar-refractivity contribution in [2.24, 2.45) is 5.73 Å². The monoisotopic (exact) mass is 290 g/mol. The van der Waals surface area contributed by atoms with Gasteiger partial charge < -0.3 is 15.8 Å². The minimum Gasteiger partial charge on any atom is -0.465 e. The molecule has 0 aliphatic rings. The third-order valence-corrected chi connectivity index (χ3v) is 3.63. The van der Waals surface area contributed by atoms with Crippen LogP contribution in [-0.4, -0.2) is 42.1 Å². The van der Waals surface area contributed by atoms with Crippen molar-refractivity contribution in [1.29, 1.82) is 0 Å². The normalized spacial score (nSPS) is 13.7. The molecule has 0 aromatic rings. The third-order valence-electron chi connectivity index (χ3n) is 2.58. The summed E-state index contributed by atoms with van der Waals surface area (Å²) in [6.45, 7) is 6.40. The van der Waals surface area contributed by atoms with Crippen LogP contribution in [0.1, 0.15) is 40.0 Å². The maximum absolute atomic E-state index is 11.5. The Kier molecular flexibility index (Phi) is 9.69. The fourth-order valence-corrected chi connectivity index (χ4v) is 2.35. The van der Waals surface area contributed by atoms with Crippen LogP contribution in [0, 0.1) is 0 Å². The van der Waals surface area contributed by atoms with E-state index in [0.29, 0.717) is 25.3 Å². The number of thioether (sulfide) groups is 1. The lowest BCUT2D eigenvalue weighted by molar-refractivity contribution is -0.149. The van der Waals surface area contributed by atoms with Crippen molar-refractivity contribution in [3.8, 4) is 0 Å². The molecule has 0 saturated carbocycles. The number of hydrogen-bond donors (Lipinski definition) is 2. The van der Waals surface area contributed by atoms with Gasteiger partial charge in [0.2, 0.25) is 5.91 Å². The van der Waals surface area contributed by atoms with Crippen LogP contribution in [0.3, 0.4) is 0 Å². The molecule has 0 fully saturated rings. The highest BCUT2D eigenvalue weighted by Gasteiger charge is 2.28. The molecular formula is C13H26N2O3S. The van der Waals surface area contributed by atoms with Gasteiger partial charge in [-0.05, 0) is 39.4 Å². The maximum atomic E-state index is 11.5. The first-order valence-electron chi connectivity index (χ1n) is 6.74. The Labute approximate surface area is 120 Å². The fraction of sp³-hybridized carbons (Fsp3) is 0.846. The Bertz CT molecular complexity index is 283. The number of amides is 1. The Hall–Kier alpha value is -0.750. The van der Waals surface area contributed by atoms with Crippen molar-refractivity contribution in [3.05, 3.63) is 0 Å². The van der Waals surface area contributed by atoms with Crippen molar-refractivity contribution >= 4 is 23.6 Å². The number of carbonyl (C=O) groups excluding carboxylic acids is 2. The SMILES string of the molecule is CCNC(=O)CSCCCCC(C)(N)C(=O)OCC. The van der Waals surface area contributed by atoms with Crippen LogP contribution >= 0.6 is 11.8 Å². The lowest BCUT2D eigenvalue weighted by Crippen LogP contribution is -2.46. The molecule has 0 aromatic carbocycles. The van der Waals surface area contributed by atoms with E-state index in [0.717, 1.165) is 18.6 Å². The van der Waals surface area contributed by atoms with E-state index < -0.39 is 5.54 Å². The summed E-state index contributed by atoms with van der Waals surface area (Å²) in [7, 11) is 0. The first-order valence-corrected chi connectivity index (χ1v) is 7.90. The van der Waals surface area contributed by atoms with Gasteiger partial charge in [-0.25, -0.2) is 0 Å². The third kappa shape index (κ3) is 8.88. The first kappa shape index (κ1) is 18.2. The number of esters is 1. The van der Waals surface area contributed by atoms with E-state index in [-0.39, 0.29) is 11.9 Å². The van der Waals surface area contributed by atoms with Crippen molar-refractivity contribution in [1.82, 2.24) is 5.32 Å². The van der Waals surface area contributed by atoms with E-state index in [1.54, 1.807) is 25.6 Å². The molecule has 1 atom stereocenters. The minimum absolute atomic E-state index is 0.0719. The van der Waals surface area contributed by atoms with Crippen LogP contribution in [0.5, 0.6) is 0 Å². The van der Waals surface area contributed by atoms with Gasteiger partial charge >= 0.3 is 5.97 Å². The molecule has 0 radical (unpaired) electrons. The average Bonchev–Trinajstić information content (AvgIpc) is 2.34. The van der Waals surface area contributed by atoms with Gasteiger partial charge in [-0.15, -0.1) is 0 Å². The molecule has 0 aliphatic heterocycles. The smallest absolute Gasteiger partial charge is 0.325 e. The molecule has 1 amide bonds. The van der Waals surface area contributed by atoms with Crippen molar-refractivity contribution in [2.75, 3.05) is 24.7 Å². The predicted octanol–water partition coefficient (Wildman–Crippen LogP) is 1.31. The Morgan fingerprint density at radius 1 is 1.32 bits per heavy atom. The standard InChI is InChI=1S/C13H26N2O3S/c1-4-15-11(16)10-19-9-7-6-8-13(3,14)12(17)18-5-2/h4-10,14H2,1-3H3,(H,15,16). The number of hydrogen-bond acceptors (Lipinski definition) is 5. The molecule has 3 N–H and O–H groups in total. The van der Waals surface area contributed by atoms with Crippen LogP contribution in [0.4, 0.5) is 0 Å². The van der Waals surface area contributed by atoms with E-state index in [1.165, 1.54) is 0 Å². The van der Waals surface area contributed by atoms with Gasteiger partial charge in [-0.2, -0.15) is 11.8 Å². The summed E-state index contributed by atoms with van der Waals surface area (Å²) >= 11 is 1.60. The zero-order chi connectivity index (χ0) is 14.7. The lowest BCUT2D eigenvalue weighted by atomic mass is 9.96. The number of nitrogens with two attached hydrogens (primary N) is 1. The Morgan fingerprint density at radius 2 is 2.00 bits per heavy atom. The quantitative estimate of drug-likeness (QED) is 0.468. The van der Waals surface area contributed by atoms with Gasteiger partial charge in [0, 0.05) is 6.54 Å². The lowest BCUT2D eigenvalue weighted by Gasteiger charge is -2.21. The Balaban J connectivity index is 3.63. The highest BCUT2D eigenvalue weighted by molar-refractivity contribution is 7.99.